The Labute approximate surface area is 119 Å². The Morgan fingerprint density at radius 3 is 2.75 bits per heavy atom. The van der Waals surface area contributed by atoms with E-state index in [1.54, 1.807) is 25.8 Å². The summed E-state index contributed by atoms with van der Waals surface area (Å²) >= 11 is 0. The maximum atomic E-state index is 11.9. The summed E-state index contributed by atoms with van der Waals surface area (Å²) in [7, 11) is 1.74. The largest absolute Gasteiger partial charge is 0.506 e. The second-order valence-corrected chi connectivity index (χ2v) is 4.81. The summed E-state index contributed by atoms with van der Waals surface area (Å²) in [6, 6.07) is -0.362. The number of nitrogens with zero attached hydrogens (tertiary/aromatic N) is 2. The van der Waals surface area contributed by atoms with Crippen molar-refractivity contribution in [3.63, 3.8) is 0 Å². The summed E-state index contributed by atoms with van der Waals surface area (Å²) in [5, 5.41) is 22.4. The van der Waals surface area contributed by atoms with E-state index in [2.05, 4.69) is 10.3 Å². The van der Waals surface area contributed by atoms with Gasteiger partial charge in [-0.3, -0.25) is 9.78 Å². The van der Waals surface area contributed by atoms with Gasteiger partial charge in [0, 0.05) is 37.5 Å². The van der Waals surface area contributed by atoms with Crippen molar-refractivity contribution < 1.29 is 15.0 Å². The van der Waals surface area contributed by atoms with Crippen molar-refractivity contribution in [1.29, 1.82) is 0 Å². The predicted octanol–water partition coefficient (Wildman–Crippen LogP) is 0.544. The van der Waals surface area contributed by atoms with Gasteiger partial charge in [0.2, 0.25) is 5.91 Å². The molecule has 0 aliphatic heterocycles. The van der Waals surface area contributed by atoms with Crippen molar-refractivity contribution in [3.05, 3.63) is 23.0 Å². The Morgan fingerprint density at radius 1 is 1.55 bits per heavy atom. The Morgan fingerprint density at radius 2 is 2.20 bits per heavy atom. The van der Waals surface area contributed by atoms with Crippen LogP contribution in [-0.4, -0.2) is 45.6 Å². The van der Waals surface area contributed by atoms with Crippen molar-refractivity contribution in [2.45, 2.75) is 40.0 Å². The van der Waals surface area contributed by atoms with E-state index < -0.39 is 0 Å². The fraction of sp³-hybridized carbons (Fsp3) is 0.571. The minimum Gasteiger partial charge on any atom is -0.506 e. The van der Waals surface area contributed by atoms with Crippen LogP contribution < -0.4 is 5.32 Å². The van der Waals surface area contributed by atoms with Crippen LogP contribution in [0.1, 0.15) is 30.7 Å². The van der Waals surface area contributed by atoms with E-state index >= 15 is 0 Å². The molecule has 0 aromatic carbocycles. The molecule has 0 saturated heterocycles. The number of amides is 1. The van der Waals surface area contributed by atoms with Crippen molar-refractivity contribution in [2.24, 2.45) is 0 Å². The molecule has 112 valence electrons. The zero-order valence-electron chi connectivity index (χ0n) is 12.5. The third kappa shape index (κ3) is 3.68. The van der Waals surface area contributed by atoms with Crippen molar-refractivity contribution in [1.82, 2.24) is 15.2 Å². The molecule has 0 bridgehead atoms. The van der Waals surface area contributed by atoms with Crippen molar-refractivity contribution in [2.75, 3.05) is 13.6 Å². The van der Waals surface area contributed by atoms with Crippen LogP contribution in [0.3, 0.4) is 0 Å². The fourth-order valence-electron chi connectivity index (χ4n) is 1.85. The standard InChI is InChI=1S/C14H23N3O3/c1-5-17(4)14(20)10(3)16-7-12-11(8-18)6-15-9(2)13(12)19/h6,10,16,18-19H,5,7-8H2,1-4H3. The van der Waals surface area contributed by atoms with Crippen LogP contribution in [0, 0.1) is 6.92 Å². The van der Waals surface area contributed by atoms with Gasteiger partial charge in [-0.05, 0) is 20.8 Å². The monoisotopic (exact) mass is 281 g/mol. The van der Waals surface area contributed by atoms with E-state index in [1.807, 2.05) is 6.92 Å². The normalized spacial score (nSPS) is 12.2. The van der Waals surface area contributed by atoms with Crippen LogP contribution in [0.2, 0.25) is 0 Å². The average Bonchev–Trinajstić information content (AvgIpc) is 2.46. The molecule has 0 fully saturated rings. The maximum absolute atomic E-state index is 11.9. The highest BCUT2D eigenvalue weighted by Crippen LogP contribution is 2.23. The van der Waals surface area contributed by atoms with Crippen LogP contribution in [0.15, 0.2) is 6.20 Å². The molecule has 0 saturated carbocycles. The lowest BCUT2D eigenvalue weighted by atomic mass is 10.1. The summed E-state index contributed by atoms with van der Waals surface area (Å²) in [6.45, 7) is 6.13. The topological polar surface area (TPSA) is 85.7 Å². The molecular formula is C14H23N3O3. The van der Waals surface area contributed by atoms with E-state index in [1.165, 1.54) is 6.20 Å². The Balaban J connectivity index is 2.80. The fourth-order valence-corrected chi connectivity index (χ4v) is 1.85. The number of aryl methyl sites for hydroxylation is 1. The van der Waals surface area contributed by atoms with E-state index in [-0.39, 0.29) is 24.3 Å². The molecule has 0 radical (unpaired) electrons. The second-order valence-electron chi connectivity index (χ2n) is 4.81. The number of aromatic hydroxyl groups is 1. The molecule has 1 atom stereocenters. The number of hydrogen-bond donors (Lipinski definition) is 3. The van der Waals surface area contributed by atoms with Crippen molar-refractivity contribution >= 4 is 5.91 Å². The van der Waals surface area contributed by atoms with Gasteiger partial charge in [-0.25, -0.2) is 0 Å². The molecule has 0 spiro atoms. The summed E-state index contributed by atoms with van der Waals surface area (Å²) in [4.78, 5) is 17.6. The molecule has 1 unspecified atom stereocenters. The van der Waals surface area contributed by atoms with Gasteiger partial charge >= 0.3 is 0 Å². The minimum atomic E-state index is -0.362. The van der Waals surface area contributed by atoms with Gasteiger partial charge in [-0.1, -0.05) is 0 Å². The van der Waals surface area contributed by atoms with E-state index in [0.29, 0.717) is 29.9 Å². The third-order valence-corrected chi connectivity index (χ3v) is 3.41. The number of likely N-dealkylation sites (N-methyl/N-ethyl adjacent to an activating group) is 1. The van der Waals surface area contributed by atoms with Crippen molar-refractivity contribution in [3.8, 4) is 5.75 Å². The molecule has 0 aliphatic rings. The highest BCUT2D eigenvalue weighted by atomic mass is 16.3. The van der Waals surface area contributed by atoms with Crippen LogP contribution in [0.4, 0.5) is 0 Å². The molecule has 0 aliphatic carbocycles. The number of hydrogen-bond acceptors (Lipinski definition) is 5. The number of carbonyl (C=O) groups is 1. The Kier molecular flexibility index (Phi) is 5.91. The van der Waals surface area contributed by atoms with E-state index in [9.17, 15) is 15.0 Å². The molecule has 3 N–H and O–H groups in total. The lowest BCUT2D eigenvalue weighted by molar-refractivity contribution is -0.131. The Bertz CT molecular complexity index is 477. The minimum absolute atomic E-state index is 0.0108. The van der Waals surface area contributed by atoms with Crippen LogP contribution >= 0.6 is 0 Å². The number of rotatable bonds is 6. The van der Waals surface area contributed by atoms with Gasteiger partial charge in [-0.2, -0.15) is 0 Å². The SMILES string of the molecule is CCN(C)C(=O)C(C)NCc1c(CO)cnc(C)c1O. The zero-order chi connectivity index (χ0) is 15.3. The number of nitrogens with one attached hydrogen (secondary N) is 1. The average molecular weight is 281 g/mol. The van der Waals surface area contributed by atoms with E-state index in [0.717, 1.165) is 0 Å². The first-order valence-electron chi connectivity index (χ1n) is 6.67. The molecule has 1 aromatic rings. The Hall–Kier alpha value is -1.66. The zero-order valence-corrected chi connectivity index (χ0v) is 12.5. The lowest BCUT2D eigenvalue weighted by Crippen LogP contribution is -2.42. The highest BCUT2D eigenvalue weighted by Gasteiger charge is 2.18. The molecule has 1 aromatic heterocycles. The smallest absolute Gasteiger partial charge is 0.239 e. The summed E-state index contributed by atoms with van der Waals surface area (Å²) < 4.78 is 0. The second kappa shape index (κ2) is 7.21. The first-order valence-corrected chi connectivity index (χ1v) is 6.67. The van der Waals surface area contributed by atoms with Gasteiger partial charge in [0.15, 0.2) is 0 Å². The van der Waals surface area contributed by atoms with Gasteiger partial charge in [0.05, 0.1) is 18.3 Å². The molecule has 1 amide bonds. The molecule has 6 nitrogen and oxygen atoms in total. The highest BCUT2D eigenvalue weighted by molar-refractivity contribution is 5.81. The third-order valence-electron chi connectivity index (χ3n) is 3.41. The van der Waals surface area contributed by atoms with Gasteiger partial charge in [0.25, 0.3) is 0 Å². The summed E-state index contributed by atoms with van der Waals surface area (Å²) in [5.74, 6) is 0.0517. The molecule has 1 heterocycles. The first-order chi connectivity index (χ1) is 9.42. The first kappa shape index (κ1) is 16.4. The maximum Gasteiger partial charge on any atom is 0.239 e. The number of aromatic nitrogens is 1. The van der Waals surface area contributed by atoms with Crippen LogP contribution in [0.25, 0.3) is 0 Å². The van der Waals surface area contributed by atoms with Gasteiger partial charge in [-0.15, -0.1) is 0 Å². The predicted molar refractivity (Wildman–Crippen MR) is 76.2 cm³/mol. The van der Waals surface area contributed by atoms with Gasteiger partial charge in [0.1, 0.15) is 5.75 Å². The number of carbonyl (C=O) groups excluding carboxylic acids is 1. The number of aliphatic hydroxyl groups is 1. The summed E-state index contributed by atoms with van der Waals surface area (Å²) in [5.41, 5.74) is 1.64. The molecule has 1 rings (SSSR count). The molecule has 20 heavy (non-hydrogen) atoms. The van der Waals surface area contributed by atoms with Crippen LogP contribution in [-0.2, 0) is 17.9 Å². The number of pyridine rings is 1. The molecular weight excluding hydrogens is 258 g/mol. The summed E-state index contributed by atoms with van der Waals surface area (Å²) in [6.07, 6.45) is 1.54. The van der Waals surface area contributed by atoms with Crippen LogP contribution in [0.5, 0.6) is 5.75 Å². The quantitative estimate of drug-likeness (QED) is 0.709. The number of aliphatic hydroxyl groups excluding tert-OH is 1. The molecule has 6 heteroatoms. The van der Waals surface area contributed by atoms with Gasteiger partial charge < -0.3 is 20.4 Å². The lowest BCUT2D eigenvalue weighted by Gasteiger charge is -2.21. The van der Waals surface area contributed by atoms with E-state index in [4.69, 9.17) is 0 Å².